The van der Waals surface area contributed by atoms with E-state index in [1.165, 1.54) is 111 Å². The largest absolute Gasteiger partial charge is 0.310 e. The van der Waals surface area contributed by atoms with Crippen LogP contribution in [0.4, 0.5) is 17.1 Å². The van der Waals surface area contributed by atoms with E-state index in [0.29, 0.717) is 0 Å². The number of hydrogen-bond acceptors (Lipinski definition) is 1. The first-order valence-corrected chi connectivity index (χ1v) is 21.4. The number of hydrogen-bond donors (Lipinski definition) is 0. The molecule has 0 aliphatic heterocycles. The van der Waals surface area contributed by atoms with Crippen molar-refractivity contribution < 1.29 is 0 Å². The van der Waals surface area contributed by atoms with Gasteiger partial charge in [0.1, 0.15) is 0 Å². The normalized spacial score (nSPS) is 13.3. The Hall–Kier alpha value is -6.96. The van der Waals surface area contributed by atoms with Crippen LogP contribution < -0.4 is 4.90 Å². The highest BCUT2D eigenvalue weighted by atomic mass is 15.1. The highest BCUT2D eigenvalue weighted by Gasteiger charge is 2.36. The lowest BCUT2D eigenvalue weighted by atomic mass is 9.82. The molecule has 1 nitrogen and oxygen atoms in total. The molecule has 0 radical (unpaired) electrons. The molecule has 9 aromatic rings. The molecule has 11 rings (SSSR count). The van der Waals surface area contributed by atoms with Crippen LogP contribution in [0.5, 0.6) is 0 Å². The molecule has 2 aliphatic rings. The first-order chi connectivity index (χ1) is 29.3. The van der Waals surface area contributed by atoms with Crippen molar-refractivity contribution in [3.8, 4) is 55.6 Å². The zero-order chi connectivity index (χ0) is 40.5. The van der Waals surface area contributed by atoms with Gasteiger partial charge in [-0.1, -0.05) is 166 Å². The zero-order valence-electron chi connectivity index (χ0n) is 34.8. The summed E-state index contributed by atoms with van der Waals surface area (Å²) in [5.74, 6) is 0. The van der Waals surface area contributed by atoms with Gasteiger partial charge in [-0.05, 0) is 163 Å². The molecule has 60 heavy (non-hydrogen) atoms. The Morgan fingerprint density at radius 3 is 1.58 bits per heavy atom. The van der Waals surface area contributed by atoms with Gasteiger partial charge in [-0.2, -0.15) is 0 Å². The van der Waals surface area contributed by atoms with Gasteiger partial charge in [0.25, 0.3) is 0 Å². The van der Waals surface area contributed by atoms with E-state index in [1.54, 1.807) is 0 Å². The molecular formula is C59H47N. The summed E-state index contributed by atoms with van der Waals surface area (Å²) in [6, 6.07) is 70.6. The van der Waals surface area contributed by atoms with E-state index in [0.717, 1.165) is 18.5 Å². The molecule has 0 bridgehead atoms. The molecule has 2 aliphatic carbocycles. The third kappa shape index (κ3) is 5.75. The van der Waals surface area contributed by atoms with Crippen LogP contribution >= 0.6 is 0 Å². The number of benzene rings is 9. The van der Waals surface area contributed by atoms with E-state index in [1.807, 2.05) is 0 Å². The van der Waals surface area contributed by atoms with Crippen molar-refractivity contribution in [1.29, 1.82) is 0 Å². The molecule has 0 fully saturated rings. The minimum absolute atomic E-state index is 0.127. The summed E-state index contributed by atoms with van der Waals surface area (Å²) < 4.78 is 0. The third-order valence-corrected chi connectivity index (χ3v) is 13.4. The van der Waals surface area contributed by atoms with E-state index >= 15 is 0 Å². The topological polar surface area (TPSA) is 3.24 Å². The van der Waals surface area contributed by atoms with Crippen molar-refractivity contribution in [1.82, 2.24) is 0 Å². The smallest absolute Gasteiger partial charge is 0.0520 e. The first kappa shape index (κ1) is 36.1. The van der Waals surface area contributed by atoms with Crippen molar-refractivity contribution in [2.75, 3.05) is 4.90 Å². The van der Waals surface area contributed by atoms with Gasteiger partial charge in [-0.3, -0.25) is 0 Å². The molecule has 0 amide bonds. The number of rotatable bonds is 4. The lowest BCUT2D eigenvalue weighted by Crippen LogP contribution is -2.17. The molecular weight excluding hydrogens is 723 g/mol. The fraction of sp³-hybridized carbons (Fsp3) is 0.119. The highest BCUT2D eigenvalue weighted by Crippen LogP contribution is 2.52. The summed E-state index contributed by atoms with van der Waals surface area (Å²) in [6.45, 7) is 9.35. The molecule has 0 atom stereocenters. The van der Waals surface area contributed by atoms with E-state index in [4.69, 9.17) is 0 Å². The monoisotopic (exact) mass is 769 g/mol. The van der Waals surface area contributed by atoms with E-state index in [2.05, 4.69) is 221 Å². The Morgan fingerprint density at radius 2 is 0.867 bits per heavy atom. The quantitative estimate of drug-likeness (QED) is 0.172. The Labute approximate surface area is 354 Å². The van der Waals surface area contributed by atoms with Crippen LogP contribution in [0.15, 0.2) is 188 Å². The van der Waals surface area contributed by atoms with Gasteiger partial charge in [0.2, 0.25) is 0 Å². The molecule has 288 valence electrons. The van der Waals surface area contributed by atoms with Crippen molar-refractivity contribution in [3.63, 3.8) is 0 Å². The van der Waals surface area contributed by atoms with Crippen LogP contribution in [0.3, 0.4) is 0 Å². The first-order valence-electron chi connectivity index (χ1n) is 21.4. The standard InChI is InChI=1S/C59H47N/c1-38-34-43(49-26-15-19-40-16-5-8-20-46(40)49)35-39(2)58(38)60(45-31-33-54-53-25-13-14-27-56(53)59(3,4)57(54)37-45)44-30-32-52-51-24-12-11-23-50(51)47-21-9-6-17-41(47)28-29-42-18-7-10-22-48(42)55(52)36-44/h5-27,30-37H,28-29H2,1-4H3. The van der Waals surface area contributed by atoms with Crippen LogP contribution in [-0.4, -0.2) is 0 Å². The summed E-state index contributed by atoms with van der Waals surface area (Å²) >= 11 is 0. The second-order valence-corrected chi connectivity index (χ2v) is 17.3. The SMILES string of the molecule is Cc1cc(-c2cccc3ccccc23)cc(C)c1N(c1ccc2c(c1)-c1ccccc1CCc1ccccc1-c1ccccc1-2)c1ccc2c(c1)C(C)(C)c1ccccc1-2. The molecule has 0 unspecified atom stereocenters. The number of anilines is 3. The maximum Gasteiger partial charge on any atom is 0.0520 e. The summed E-state index contributed by atoms with van der Waals surface area (Å²) in [5.41, 5.74) is 24.3. The van der Waals surface area contributed by atoms with Gasteiger partial charge in [0.05, 0.1) is 5.69 Å². The fourth-order valence-electron chi connectivity index (χ4n) is 10.5. The van der Waals surface area contributed by atoms with E-state index in [-0.39, 0.29) is 5.41 Å². The molecule has 0 spiro atoms. The highest BCUT2D eigenvalue weighted by molar-refractivity contribution is 5.99. The average molecular weight is 770 g/mol. The molecule has 1 heteroatoms. The van der Waals surface area contributed by atoms with Crippen molar-refractivity contribution in [2.45, 2.75) is 46.0 Å². The minimum atomic E-state index is -0.127. The second kappa shape index (κ2) is 14.1. The predicted molar refractivity (Wildman–Crippen MR) is 255 cm³/mol. The van der Waals surface area contributed by atoms with Crippen LogP contribution in [-0.2, 0) is 18.3 Å². The number of aryl methyl sites for hydroxylation is 4. The number of nitrogens with zero attached hydrogens (tertiary/aromatic N) is 1. The molecule has 9 aromatic carbocycles. The van der Waals surface area contributed by atoms with Gasteiger partial charge in [-0.25, -0.2) is 0 Å². The lowest BCUT2D eigenvalue weighted by molar-refractivity contribution is 0.660. The van der Waals surface area contributed by atoms with Crippen LogP contribution in [0, 0.1) is 13.8 Å². The van der Waals surface area contributed by atoms with Gasteiger partial charge in [0, 0.05) is 16.8 Å². The van der Waals surface area contributed by atoms with Crippen LogP contribution in [0.2, 0.25) is 0 Å². The molecule has 0 heterocycles. The molecule has 0 N–H and O–H groups in total. The van der Waals surface area contributed by atoms with E-state index < -0.39 is 0 Å². The Kier molecular flexibility index (Phi) is 8.50. The van der Waals surface area contributed by atoms with Crippen LogP contribution in [0.25, 0.3) is 66.4 Å². The summed E-state index contributed by atoms with van der Waals surface area (Å²) in [4.78, 5) is 2.54. The van der Waals surface area contributed by atoms with Crippen molar-refractivity contribution in [2.24, 2.45) is 0 Å². The predicted octanol–water partition coefficient (Wildman–Crippen LogP) is 16.0. The molecule has 0 aromatic heterocycles. The summed E-state index contributed by atoms with van der Waals surface area (Å²) in [5, 5.41) is 2.54. The van der Waals surface area contributed by atoms with Gasteiger partial charge < -0.3 is 4.90 Å². The van der Waals surface area contributed by atoms with Gasteiger partial charge in [-0.15, -0.1) is 0 Å². The van der Waals surface area contributed by atoms with Crippen molar-refractivity contribution >= 4 is 27.8 Å². The maximum atomic E-state index is 2.54. The van der Waals surface area contributed by atoms with Crippen LogP contribution in [0.1, 0.15) is 47.2 Å². The molecule has 0 saturated heterocycles. The van der Waals surface area contributed by atoms with Gasteiger partial charge in [0.15, 0.2) is 0 Å². The van der Waals surface area contributed by atoms with Gasteiger partial charge >= 0.3 is 0 Å². The third-order valence-electron chi connectivity index (χ3n) is 13.4. The molecule has 0 saturated carbocycles. The van der Waals surface area contributed by atoms with E-state index in [9.17, 15) is 0 Å². The average Bonchev–Trinajstić information content (AvgIpc) is 3.51. The Morgan fingerprint density at radius 1 is 0.383 bits per heavy atom. The second-order valence-electron chi connectivity index (χ2n) is 17.3. The Balaban J connectivity index is 1.16. The maximum absolute atomic E-state index is 2.54. The lowest BCUT2D eigenvalue weighted by Gasteiger charge is -2.32. The zero-order valence-corrected chi connectivity index (χ0v) is 34.8. The summed E-state index contributed by atoms with van der Waals surface area (Å²) in [7, 11) is 0. The minimum Gasteiger partial charge on any atom is -0.310 e. The number of fused-ring (bicyclic) bond motifs is 11. The summed E-state index contributed by atoms with van der Waals surface area (Å²) in [6.07, 6.45) is 1.95. The van der Waals surface area contributed by atoms with Crippen molar-refractivity contribution in [3.05, 3.63) is 221 Å². The Bertz CT molecular complexity index is 3130. The fourth-order valence-corrected chi connectivity index (χ4v) is 10.5.